The summed E-state index contributed by atoms with van der Waals surface area (Å²) in [5, 5.41) is 8.78. The monoisotopic (exact) mass is 222 g/mol. The first-order valence-electron chi connectivity index (χ1n) is 4.65. The number of nitrogens with zero attached hydrogens (tertiary/aromatic N) is 1. The smallest absolute Gasteiger partial charge is 0.172 e. The van der Waals surface area contributed by atoms with Crippen molar-refractivity contribution >= 4 is 5.78 Å². The highest BCUT2D eigenvalue weighted by Gasteiger charge is 2.14. The number of methoxy groups -OCH3 is 1. The van der Waals surface area contributed by atoms with Gasteiger partial charge < -0.3 is 10.5 Å². The van der Waals surface area contributed by atoms with E-state index in [1.165, 1.54) is 13.2 Å². The number of nitriles is 1. The van der Waals surface area contributed by atoms with Crippen LogP contribution in [0.5, 0.6) is 5.75 Å². The molecular weight excluding hydrogens is 211 g/mol. The first kappa shape index (κ1) is 12.1. The molecule has 0 saturated heterocycles. The molecular formula is C11H11FN2O2. The maximum absolute atomic E-state index is 13.4. The first-order chi connectivity index (χ1) is 7.63. The Morgan fingerprint density at radius 2 is 2.31 bits per heavy atom. The molecule has 0 aliphatic rings. The molecule has 0 aromatic heterocycles. The van der Waals surface area contributed by atoms with E-state index in [1.807, 2.05) is 0 Å². The van der Waals surface area contributed by atoms with Crippen molar-refractivity contribution in [3.63, 3.8) is 0 Å². The second-order valence-electron chi connectivity index (χ2n) is 3.11. The van der Waals surface area contributed by atoms with Crippen molar-refractivity contribution < 1.29 is 13.9 Å². The van der Waals surface area contributed by atoms with Gasteiger partial charge >= 0.3 is 0 Å². The summed E-state index contributed by atoms with van der Waals surface area (Å²) in [4.78, 5) is 11.5. The molecule has 0 amide bonds. The van der Waals surface area contributed by atoms with Crippen LogP contribution < -0.4 is 10.5 Å². The lowest BCUT2D eigenvalue weighted by atomic mass is 10.0. The SMILES string of the molecule is COc1c(F)cc(C(=O)CCN)cc1C#N. The molecule has 1 aromatic rings. The van der Waals surface area contributed by atoms with Crippen LogP contribution in [0.15, 0.2) is 12.1 Å². The summed E-state index contributed by atoms with van der Waals surface area (Å²) >= 11 is 0. The molecule has 5 heteroatoms. The summed E-state index contributed by atoms with van der Waals surface area (Å²) in [7, 11) is 1.26. The van der Waals surface area contributed by atoms with Gasteiger partial charge in [0.1, 0.15) is 6.07 Å². The van der Waals surface area contributed by atoms with E-state index in [9.17, 15) is 9.18 Å². The van der Waals surface area contributed by atoms with Crippen molar-refractivity contribution in [3.8, 4) is 11.8 Å². The maximum Gasteiger partial charge on any atom is 0.172 e. The molecule has 0 saturated carbocycles. The Labute approximate surface area is 92.4 Å². The Morgan fingerprint density at radius 1 is 1.62 bits per heavy atom. The Balaban J connectivity index is 3.21. The van der Waals surface area contributed by atoms with Gasteiger partial charge in [0.15, 0.2) is 17.3 Å². The third kappa shape index (κ3) is 2.35. The topological polar surface area (TPSA) is 76.1 Å². The van der Waals surface area contributed by atoms with Crippen LogP contribution in [-0.2, 0) is 0 Å². The average molecular weight is 222 g/mol. The quantitative estimate of drug-likeness (QED) is 0.777. The molecule has 0 radical (unpaired) electrons. The minimum atomic E-state index is -0.720. The van der Waals surface area contributed by atoms with Crippen LogP contribution in [0.25, 0.3) is 0 Å². The predicted molar refractivity (Wildman–Crippen MR) is 55.7 cm³/mol. The van der Waals surface area contributed by atoms with Gasteiger partial charge in [-0.25, -0.2) is 4.39 Å². The standard InChI is InChI=1S/C11H11FN2O2/c1-16-11-8(6-14)4-7(5-9(11)12)10(15)2-3-13/h4-5H,2-3,13H2,1H3. The van der Waals surface area contributed by atoms with Gasteiger partial charge in [-0.2, -0.15) is 5.26 Å². The molecule has 0 atom stereocenters. The Bertz CT molecular complexity index is 452. The fourth-order valence-electron chi connectivity index (χ4n) is 1.32. The summed E-state index contributed by atoms with van der Waals surface area (Å²) in [6, 6.07) is 4.13. The van der Waals surface area contributed by atoms with Crippen LogP contribution in [0.1, 0.15) is 22.3 Å². The van der Waals surface area contributed by atoms with Gasteiger partial charge in [0, 0.05) is 12.0 Å². The molecule has 0 aliphatic carbocycles. The second kappa shape index (κ2) is 5.24. The normalized spacial score (nSPS) is 9.62. The van der Waals surface area contributed by atoms with Gasteiger partial charge in [-0.1, -0.05) is 0 Å². The van der Waals surface area contributed by atoms with Crippen LogP contribution in [-0.4, -0.2) is 19.4 Å². The third-order valence-electron chi connectivity index (χ3n) is 2.06. The summed E-state index contributed by atoms with van der Waals surface area (Å²) in [5.74, 6) is -1.16. The van der Waals surface area contributed by atoms with E-state index in [-0.39, 0.29) is 35.6 Å². The highest BCUT2D eigenvalue weighted by molar-refractivity contribution is 5.96. The van der Waals surface area contributed by atoms with Gasteiger partial charge in [0.05, 0.1) is 12.7 Å². The minimum absolute atomic E-state index is 0.00266. The number of halogens is 1. The first-order valence-corrected chi connectivity index (χ1v) is 4.65. The number of rotatable bonds is 4. The zero-order valence-electron chi connectivity index (χ0n) is 8.79. The molecule has 1 rings (SSSR count). The van der Waals surface area contributed by atoms with E-state index in [1.54, 1.807) is 6.07 Å². The number of ether oxygens (including phenoxy) is 1. The maximum atomic E-state index is 13.4. The molecule has 0 heterocycles. The molecule has 0 spiro atoms. The zero-order chi connectivity index (χ0) is 12.1. The molecule has 2 N–H and O–H groups in total. The van der Waals surface area contributed by atoms with Crippen LogP contribution in [0.2, 0.25) is 0 Å². The number of hydrogen-bond acceptors (Lipinski definition) is 4. The number of nitrogens with two attached hydrogens (primary N) is 1. The summed E-state index contributed by atoms with van der Waals surface area (Å²) in [6.45, 7) is 0.189. The largest absolute Gasteiger partial charge is 0.492 e. The van der Waals surface area contributed by atoms with E-state index < -0.39 is 5.82 Å². The fraction of sp³-hybridized carbons (Fsp3) is 0.273. The van der Waals surface area contributed by atoms with Crippen molar-refractivity contribution in [1.82, 2.24) is 0 Å². The zero-order valence-corrected chi connectivity index (χ0v) is 8.79. The predicted octanol–water partition coefficient (Wildman–Crippen LogP) is 1.24. The summed E-state index contributed by atoms with van der Waals surface area (Å²) < 4.78 is 18.2. The van der Waals surface area contributed by atoms with Crippen molar-refractivity contribution in [1.29, 1.82) is 5.26 Å². The van der Waals surface area contributed by atoms with Gasteiger partial charge in [0.25, 0.3) is 0 Å². The van der Waals surface area contributed by atoms with Gasteiger partial charge in [-0.05, 0) is 18.7 Å². The molecule has 1 aromatic carbocycles. The highest BCUT2D eigenvalue weighted by atomic mass is 19.1. The van der Waals surface area contributed by atoms with E-state index in [2.05, 4.69) is 0 Å². The lowest BCUT2D eigenvalue weighted by Gasteiger charge is -2.06. The van der Waals surface area contributed by atoms with Crippen molar-refractivity contribution in [2.24, 2.45) is 5.73 Å². The molecule has 4 nitrogen and oxygen atoms in total. The van der Waals surface area contributed by atoms with E-state index in [4.69, 9.17) is 15.7 Å². The number of ketones is 1. The Hall–Kier alpha value is -1.93. The third-order valence-corrected chi connectivity index (χ3v) is 2.06. The Morgan fingerprint density at radius 3 is 2.81 bits per heavy atom. The number of Topliss-reactive ketones (excluding diaryl/α,β-unsaturated/α-hetero) is 1. The number of hydrogen-bond donors (Lipinski definition) is 1. The van der Waals surface area contributed by atoms with Gasteiger partial charge in [-0.15, -0.1) is 0 Å². The fourth-order valence-corrected chi connectivity index (χ4v) is 1.32. The van der Waals surface area contributed by atoms with Gasteiger partial charge in [0.2, 0.25) is 0 Å². The van der Waals surface area contributed by atoms with Gasteiger partial charge in [-0.3, -0.25) is 4.79 Å². The van der Waals surface area contributed by atoms with Crippen molar-refractivity contribution in [2.45, 2.75) is 6.42 Å². The number of carbonyl (C=O) groups is 1. The summed E-state index contributed by atoms with van der Waals surface area (Å²) in [5.41, 5.74) is 5.37. The molecule has 0 bridgehead atoms. The molecule has 0 fully saturated rings. The molecule has 84 valence electrons. The second-order valence-corrected chi connectivity index (χ2v) is 3.11. The number of carbonyl (C=O) groups excluding carboxylic acids is 1. The Kier molecular flexibility index (Phi) is 3.97. The van der Waals surface area contributed by atoms with E-state index >= 15 is 0 Å². The number of benzene rings is 1. The summed E-state index contributed by atoms with van der Waals surface area (Å²) in [6.07, 6.45) is 0.122. The van der Waals surface area contributed by atoms with Crippen LogP contribution in [0.3, 0.4) is 0 Å². The van der Waals surface area contributed by atoms with Crippen molar-refractivity contribution in [3.05, 3.63) is 29.1 Å². The van der Waals surface area contributed by atoms with E-state index in [0.717, 1.165) is 6.07 Å². The molecule has 0 aliphatic heterocycles. The average Bonchev–Trinajstić information content (AvgIpc) is 2.28. The molecule has 16 heavy (non-hydrogen) atoms. The lowest BCUT2D eigenvalue weighted by molar-refractivity contribution is 0.0985. The minimum Gasteiger partial charge on any atom is -0.492 e. The van der Waals surface area contributed by atoms with Crippen LogP contribution in [0, 0.1) is 17.1 Å². The van der Waals surface area contributed by atoms with Crippen LogP contribution in [0.4, 0.5) is 4.39 Å². The van der Waals surface area contributed by atoms with Crippen molar-refractivity contribution in [2.75, 3.05) is 13.7 Å². The molecule has 0 unspecified atom stereocenters. The highest BCUT2D eigenvalue weighted by Crippen LogP contribution is 2.24. The van der Waals surface area contributed by atoms with Crippen LogP contribution >= 0.6 is 0 Å². The van der Waals surface area contributed by atoms with E-state index in [0.29, 0.717) is 0 Å². The lowest BCUT2D eigenvalue weighted by Crippen LogP contribution is -2.09.